The van der Waals surface area contributed by atoms with E-state index in [2.05, 4.69) is 4.98 Å². The predicted molar refractivity (Wildman–Crippen MR) is 264 cm³/mol. The smallest absolute Gasteiger partial charge is 0.305 e. The number of primary amides is 1. The molecule has 0 saturated carbocycles. The molecule has 17 heteroatoms. The van der Waals surface area contributed by atoms with Gasteiger partial charge in [0.05, 0.1) is 82.8 Å². The molecule has 1 aromatic carbocycles. The van der Waals surface area contributed by atoms with E-state index in [0.29, 0.717) is 65.4 Å². The van der Waals surface area contributed by atoms with Gasteiger partial charge in [0.2, 0.25) is 17.7 Å². The lowest BCUT2D eigenvalue weighted by Gasteiger charge is -2.41. The Morgan fingerprint density at radius 1 is 0.841 bits per heavy atom. The second kappa shape index (κ2) is 29.8. The normalized spacial score (nSPS) is 17.7. The number of aromatic nitrogens is 1. The van der Waals surface area contributed by atoms with Gasteiger partial charge in [0.15, 0.2) is 5.78 Å². The van der Waals surface area contributed by atoms with E-state index in [-0.39, 0.29) is 79.5 Å². The van der Waals surface area contributed by atoms with E-state index < -0.39 is 53.9 Å². The first kappa shape index (κ1) is 59.1. The monoisotopic (exact) mass is 972 g/mol. The quantitative estimate of drug-likeness (QED) is 0.0738. The van der Waals surface area contributed by atoms with E-state index >= 15 is 0 Å². The molecule has 1 saturated heterocycles. The van der Waals surface area contributed by atoms with Crippen molar-refractivity contribution < 1.29 is 57.6 Å². The fourth-order valence-electron chi connectivity index (χ4n) is 9.99. The molecule has 0 radical (unpaired) electrons. The molecule has 2 aromatic rings. The molecule has 0 bridgehead atoms. The zero-order chi connectivity index (χ0) is 51.4. The highest BCUT2D eigenvalue weighted by molar-refractivity contribution is 5.91. The summed E-state index contributed by atoms with van der Waals surface area (Å²) in [5.41, 5.74) is 7.72. The van der Waals surface area contributed by atoms with Gasteiger partial charge in [-0.3, -0.25) is 33.7 Å². The van der Waals surface area contributed by atoms with E-state index in [0.717, 1.165) is 22.9 Å². The van der Waals surface area contributed by atoms with Crippen LogP contribution in [0.2, 0.25) is 0 Å². The van der Waals surface area contributed by atoms with Crippen LogP contribution in [0.15, 0.2) is 30.5 Å². The van der Waals surface area contributed by atoms with Crippen LogP contribution in [-0.4, -0.2) is 171 Å². The van der Waals surface area contributed by atoms with Crippen LogP contribution in [0.1, 0.15) is 99.0 Å². The van der Waals surface area contributed by atoms with Gasteiger partial charge in [-0.05, 0) is 55.7 Å². The number of aliphatic carboxylic acids is 1. The molecule has 390 valence electrons. The van der Waals surface area contributed by atoms with Crippen LogP contribution in [-0.2, 0) is 58.9 Å². The molecule has 9 atom stereocenters. The number of hydrogen-bond acceptors (Lipinski definition) is 12. The summed E-state index contributed by atoms with van der Waals surface area (Å²) in [6, 6.07) is 6.46. The van der Waals surface area contributed by atoms with E-state index in [9.17, 15) is 28.8 Å². The number of hydrogen-bond donors (Lipinski definition) is 3. The van der Waals surface area contributed by atoms with Gasteiger partial charge in [0, 0.05) is 82.1 Å². The van der Waals surface area contributed by atoms with Crippen molar-refractivity contribution in [2.45, 2.75) is 130 Å². The highest BCUT2D eigenvalue weighted by Crippen LogP contribution is 2.32. The number of fused-ring (bicyclic) bond motifs is 1. The Morgan fingerprint density at radius 2 is 1.48 bits per heavy atom. The second-order valence-corrected chi connectivity index (χ2v) is 19.6. The van der Waals surface area contributed by atoms with E-state index in [4.69, 9.17) is 34.5 Å². The molecule has 69 heavy (non-hydrogen) atoms. The lowest BCUT2D eigenvalue weighted by Crippen LogP contribution is -2.54. The van der Waals surface area contributed by atoms with Crippen LogP contribution in [0, 0.1) is 35.5 Å². The Bertz CT molecular complexity index is 1920. The number of likely N-dealkylation sites (tertiary alicyclic amines) is 1. The van der Waals surface area contributed by atoms with Gasteiger partial charge < -0.3 is 49.3 Å². The van der Waals surface area contributed by atoms with Crippen LogP contribution in [0.4, 0.5) is 0 Å². The number of nitrogens with one attached hydrogen (secondary N) is 1. The Balaban J connectivity index is 1.66. The Labute approximate surface area is 410 Å². The Morgan fingerprint density at radius 3 is 2.06 bits per heavy atom. The van der Waals surface area contributed by atoms with Crippen molar-refractivity contribution in [3.05, 3.63) is 36.0 Å². The molecule has 1 fully saturated rings. The first-order chi connectivity index (χ1) is 32.8. The minimum atomic E-state index is -0.910. The summed E-state index contributed by atoms with van der Waals surface area (Å²) in [5, 5.41) is 9.66. The number of benzene rings is 1. The Kier molecular flexibility index (Phi) is 25.5. The molecule has 1 aromatic heterocycles. The number of carbonyl (C=O) groups is 6. The number of aromatic amines is 1. The summed E-state index contributed by atoms with van der Waals surface area (Å²) in [7, 11) is 6.74. The number of amides is 3. The minimum absolute atomic E-state index is 0.00450. The molecular formula is C52H85N5O12. The lowest BCUT2D eigenvalue weighted by molar-refractivity contribution is -0.149. The number of nitrogens with zero attached hydrogens (tertiary/aromatic N) is 3. The molecule has 0 unspecified atom stereocenters. The molecule has 1 aliphatic heterocycles. The fourth-order valence-corrected chi connectivity index (χ4v) is 9.99. The molecule has 2 heterocycles. The predicted octanol–water partition coefficient (Wildman–Crippen LogP) is 5.40. The van der Waals surface area contributed by atoms with E-state index in [1.165, 1.54) is 0 Å². The SMILES string of the molecule is CC[C@H](C)[C@@H]([C@@H](CC(=O)N1CCC[C@H]1[C@H](OC)[C@@H](C)C(=O)C[C@@H](Cc1c[nH]c2ccccc12)C(N)=O)OC)N(C)C(=O)[C@@H](CC(=O)[C@H](C(C)C)N(C)CCOCCOCCOCCC(=O)O)C(C)C. The van der Waals surface area contributed by atoms with Crippen molar-refractivity contribution in [2.24, 2.45) is 41.2 Å². The molecule has 0 aliphatic carbocycles. The summed E-state index contributed by atoms with van der Waals surface area (Å²) in [6.45, 7) is 16.6. The average Bonchev–Trinajstić information content (AvgIpc) is 3.96. The zero-order valence-electron chi connectivity index (χ0n) is 43.4. The third kappa shape index (κ3) is 17.5. The number of Topliss-reactive ketones (excluding diaryl/α,β-unsaturated/α-hetero) is 2. The number of H-pyrrole nitrogens is 1. The van der Waals surface area contributed by atoms with Crippen molar-refractivity contribution in [3.63, 3.8) is 0 Å². The molecule has 3 rings (SSSR count). The second-order valence-electron chi connectivity index (χ2n) is 19.6. The van der Waals surface area contributed by atoms with Gasteiger partial charge in [-0.2, -0.15) is 0 Å². The summed E-state index contributed by atoms with van der Waals surface area (Å²) in [4.78, 5) is 89.2. The number of ketones is 2. The fraction of sp³-hybridized carbons (Fsp3) is 0.731. The van der Waals surface area contributed by atoms with E-state index in [1.54, 1.807) is 38.0 Å². The third-order valence-electron chi connectivity index (χ3n) is 14.1. The maximum atomic E-state index is 14.7. The van der Waals surface area contributed by atoms with Gasteiger partial charge in [-0.25, -0.2) is 0 Å². The summed E-state index contributed by atoms with van der Waals surface area (Å²) >= 11 is 0. The molecule has 0 spiro atoms. The maximum Gasteiger partial charge on any atom is 0.305 e. The lowest BCUT2D eigenvalue weighted by atomic mass is 9.83. The molecule has 4 N–H and O–H groups in total. The minimum Gasteiger partial charge on any atom is -0.481 e. The van der Waals surface area contributed by atoms with Crippen molar-refractivity contribution >= 4 is 46.2 Å². The third-order valence-corrected chi connectivity index (χ3v) is 14.1. The van der Waals surface area contributed by atoms with Crippen molar-refractivity contribution in [2.75, 3.05) is 81.0 Å². The van der Waals surface area contributed by atoms with Gasteiger partial charge in [-0.15, -0.1) is 0 Å². The number of carboxylic acid groups (broad SMARTS) is 1. The molecule has 17 nitrogen and oxygen atoms in total. The standard InChI is InChI=1S/C52H85N5O12/c1-12-35(6)49(56(9)52(64)40(33(2)3)30-44(59)48(34(4)5)55(8)21-23-68-25-27-69-26-24-67-22-19-47(61)62)45(65-10)31-46(60)57-20-15-18-42(57)50(66-11)36(7)43(58)29-37(51(53)63)28-38-32-54-41-17-14-13-16-39(38)41/h13-14,16-17,32-37,40,42,45,48-50,54H,12,15,18-31H2,1-11H3,(H2,53,63)(H,61,62)/t35-,36-,37+,40-,42-,45+,48-,49-,50+/m0/s1. The van der Waals surface area contributed by atoms with Crippen molar-refractivity contribution in [3.8, 4) is 0 Å². The number of methoxy groups -OCH3 is 2. The number of carbonyl (C=O) groups excluding carboxylic acids is 5. The summed E-state index contributed by atoms with van der Waals surface area (Å²) in [6.07, 6.45) is 2.89. The first-order valence-corrected chi connectivity index (χ1v) is 25.0. The number of carboxylic acids is 1. The average molecular weight is 972 g/mol. The van der Waals surface area contributed by atoms with Crippen molar-refractivity contribution in [1.29, 1.82) is 0 Å². The van der Waals surface area contributed by atoms with Crippen LogP contribution < -0.4 is 5.73 Å². The molecular weight excluding hydrogens is 887 g/mol. The highest BCUT2D eigenvalue weighted by atomic mass is 16.5. The largest absolute Gasteiger partial charge is 0.481 e. The van der Waals surface area contributed by atoms with Crippen LogP contribution >= 0.6 is 0 Å². The first-order valence-electron chi connectivity index (χ1n) is 25.0. The number of nitrogens with two attached hydrogens (primary N) is 1. The number of ether oxygens (including phenoxy) is 5. The van der Waals surface area contributed by atoms with E-state index in [1.807, 2.05) is 84.0 Å². The van der Waals surface area contributed by atoms with Crippen LogP contribution in [0.25, 0.3) is 10.9 Å². The zero-order valence-corrected chi connectivity index (χ0v) is 43.4. The molecule has 3 amide bonds. The van der Waals surface area contributed by atoms with Crippen LogP contribution in [0.3, 0.4) is 0 Å². The molecule has 1 aliphatic rings. The van der Waals surface area contributed by atoms with Crippen molar-refractivity contribution in [1.82, 2.24) is 19.7 Å². The topological polar surface area (TPSA) is 220 Å². The highest BCUT2D eigenvalue weighted by Gasteiger charge is 2.43. The van der Waals surface area contributed by atoms with Gasteiger partial charge in [-0.1, -0.05) is 73.1 Å². The van der Waals surface area contributed by atoms with Gasteiger partial charge in [0.25, 0.3) is 0 Å². The maximum absolute atomic E-state index is 14.7. The summed E-state index contributed by atoms with van der Waals surface area (Å²) in [5.74, 6) is -4.19. The number of para-hydroxylation sites is 1. The van der Waals surface area contributed by atoms with Crippen LogP contribution in [0.5, 0.6) is 0 Å². The number of rotatable bonds is 35. The van der Waals surface area contributed by atoms with Gasteiger partial charge in [0.1, 0.15) is 5.78 Å². The number of likely N-dealkylation sites (N-methyl/N-ethyl adjacent to an activating group) is 2. The summed E-state index contributed by atoms with van der Waals surface area (Å²) < 4.78 is 28.6. The Hall–Kier alpha value is -4.26. The van der Waals surface area contributed by atoms with Gasteiger partial charge >= 0.3 is 5.97 Å².